The van der Waals surface area contributed by atoms with E-state index in [4.69, 9.17) is 0 Å². The highest BCUT2D eigenvalue weighted by Crippen LogP contribution is 2.12. The topological polar surface area (TPSA) is 21.8 Å². The first kappa shape index (κ1) is 16.2. The Bertz CT molecular complexity index is 243. The quantitative estimate of drug-likeness (QED) is 0.754. The molecule has 0 aromatic heterocycles. The van der Waals surface area contributed by atoms with Crippen LogP contribution in [0.2, 0.25) is 0 Å². The van der Waals surface area contributed by atoms with Gasteiger partial charge in [0, 0.05) is 45.3 Å². The van der Waals surface area contributed by atoms with E-state index in [-0.39, 0.29) is 0 Å². The van der Waals surface area contributed by atoms with Gasteiger partial charge < -0.3 is 15.1 Å². The molecule has 0 radical (unpaired) electrons. The third-order valence-electron chi connectivity index (χ3n) is 4.77. The van der Waals surface area contributed by atoms with Gasteiger partial charge in [-0.1, -0.05) is 6.42 Å². The fourth-order valence-corrected chi connectivity index (χ4v) is 3.31. The first-order valence-electron chi connectivity index (χ1n) is 8.57. The fraction of sp³-hybridized carbons (Fsp3) is 1.00. The molecular formula is C16H34N4. The molecule has 2 aliphatic rings. The summed E-state index contributed by atoms with van der Waals surface area (Å²) in [5.74, 6) is 0. The largest absolute Gasteiger partial charge is 0.314 e. The van der Waals surface area contributed by atoms with E-state index in [1.807, 2.05) is 0 Å². The van der Waals surface area contributed by atoms with E-state index in [2.05, 4.69) is 34.1 Å². The Labute approximate surface area is 125 Å². The molecule has 2 saturated heterocycles. The lowest BCUT2D eigenvalue weighted by Gasteiger charge is -2.35. The highest BCUT2D eigenvalue weighted by Gasteiger charge is 2.17. The van der Waals surface area contributed by atoms with Crippen molar-refractivity contribution in [3.8, 4) is 0 Å². The smallest absolute Gasteiger partial charge is 0.0110 e. The van der Waals surface area contributed by atoms with Crippen molar-refractivity contribution in [1.82, 2.24) is 20.0 Å². The van der Waals surface area contributed by atoms with Crippen LogP contribution in [0.3, 0.4) is 0 Å². The lowest BCUT2D eigenvalue weighted by atomic mass is 10.0. The first-order valence-corrected chi connectivity index (χ1v) is 8.57. The molecule has 1 unspecified atom stereocenters. The Hall–Kier alpha value is -0.160. The Morgan fingerprint density at radius 1 is 1.00 bits per heavy atom. The summed E-state index contributed by atoms with van der Waals surface area (Å²) in [7, 11) is 4.32. The first-order chi connectivity index (χ1) is 9.74. The van der Waals surface area contributed by atoms with Crippen molar-refractivity contribution in [1.29, 1.82) is 0 Å². The predicted octanol–water partition coefficient (Wildman–Crippen LogP) is 1.09. The van der Waals surface area contributed by atoms with Gasteiger partial charge in [0.15, 0.2) is 0 Å². The summed E-state index contributed by atoms with van der Waals surface area (Å²) in [6.45, 7) is 10.0. The van der Waals surface area contributed by atoms with E-state index >= 15 is 0 Å². The van der Waals surface area contributed by atoms with Crippen LogP contribution >= 0.6 is 0 Å². The van der Waals surface area contributed by atoms with Gasteiger partial charge in [0.25, 0.3) is 0 Å². The van der Waals surface area contributed by atoms with E-state index in [9.17, 15) is 0 Å². The van der Waals surface area contributed by atoms with Crippen LogP contribution < -0.4 is 5.32 Å². The molecule has 0 aromatic carbocycles. The maximum atomic E-state index is 3.66. The Balaban J connectivity index is 1.51. The fourth-order valence-electron chi connectivity index (χ4n) is 3.31. The van der Waals surface area contributed by atoms with Crippen LogP contribution in [0.4, 0.5) is 0 Å². The van der Waals surface area contributed by atoms with Gasteiger partial charge in [0.05, 0.1) is 0 Å². The van der Waals surface area contributed by atoms with Crippen molar-refractivity contribution >= 4 is 0 Å². The zero-order valence-electron chi connectivity index (χ0n) is 13.6. The number of hydrogen-bond donors (Lipinski definition) is 1. The lowest BCUT2D eigenvalue weighted by Crippen LogP contribution is -2.48. The summed E-state index contributed by atoms with van der Waals surface area (Å²) in [4.78, 5) is 7.55. The molecule has 2 aliphatic heterocycles. The van der Waals surface area contributed by atoms with Crippen molar-refractivity contribution in [2.45, 2.75) is 38.1 Å². The maximum Gasteiger partial charge on any atom is 0.0110 e. The second kappa shape index (κ2) is 8.98. The van der Waals surface area contributed by atoms with Crippen LogP contribution in [-0.4, -0.2) is 87.2 Å². The molecule has 4 heteroatoms. The van der Waals surface area contributed by atoms with E-state index in [1.54, 1.807) is 0 Å². The minimum Gasteiger partial charge on any atom is -0.314 e. The average Bonchev–Trinajstić information content (AvgIpc) is 2.47. The number of rotatable bonds is 7. The standard InChI is InChI=1S/C16H34N4/c1-18(2)10-11-20-14-12-19(13-15-20)9-5-7-16-6-3-4-8-17-16/h16-17H,3-15H2,1-2H3. The monoisotopic (exact) mass is 282 g/mol. The second-order valence-electron chi connectivity index (χ2n) is 6.78. The number of piperazine rings is 1. The summed E-state index contributed by atoms with van der Waals surface area (Å²) >= 11 is 0. The van der Waals surface area contributed by atoms with Crippen molar-refractivity contribution in [2.75, 3.05) is 66.5 Å². The highest BCUT2D eigenvalue weighted by atomic mass is 15.3. The lowest BCUT2D eigenvalue weighted by molar-refractivity contribution is 0.123. The molecule has 1 N–H and O–H groups in total. The second-order valence-corrected chi connectivity index (χ2v) is 6.78. The highest BCUT2D eigenvalue weighted by molar-refractivity contribution is 4.75. The zero-order valence-corrected chi connectivity index (χ0v) is 13.6. The number of nitrogens with one attached hydrogen (secondary N) is 1. The van der Waals surface area contributed by atoms with Crippen LogP contribution in [0.25, 0.3) is 0 Å². The maximum absolute atomic E-state index is 3.66. The van der Waals surface area contributed by atoms with Gasteiger partial charge in [-0.2, -0.15) is 0 Å². The number of nitrogens with zero attached hydrogens (tertiary/aromatic N) is 3. The average molecular weight is 282 g/mol. The molecule has 0 spiro atoms. The van der Waals surface area contributed by atoms with Crippen molar-refractivity contribution in [3.05, 3.63) is 0 Å². The zero-order chi connectivity index (χ0) is 14.2. The van der Waals surface area contributed by atoms with Gasteiger partial charge in [-0.05, 0) is 52.9 Å². The van der Waals surface area contributed by atoms with Gasteiger partial charge in [-0.3, -0.25) is 4.90 Å². The molecule has 0 aromatic rings. The van der Waals surface area contributed by atoms with Crippen molar-refractivity contribution in [2.24, 2.45) is 0 Å². The van der Waals surface area contributed by atoms with Crippen LogP contribution in [0.5, 0.6) is 0 Å². The molecule has 1 atom stereocenters. The SMILES string of the molecule is CN(C)CCN1CCN(CCCC2CCCCN2)CC1. The molecule has 0 saturated carbocycles. The summed E-state index contributed by atoms with van der Waals surface area (Å²) in [5, 5.41) is 3.66. The van der Waals surface area contributed by atoms with Gasteiger partial charge in [0.1, 0.15) is 0 Å². The van der Waals surface area contributed by atoms with Gasteiger partial charge >= 0.3 is 0 Å². The normalized spacial score (nSPS) is 26.2. The molecule has 118 valence electrons. The minimum absolute atomic E-state index is 0.810. The van der Waals surface area contributed by atoms with E-state index in [1.165, 1.54) is 84.5 Å². The Morgan fingerprint density at radius 2 is 1.70 bits per heavy atom. The molecule has 2 rings (SSSR count). The molecule has 0 aliphatic carbocycles. The van der Waals surface area contributed by atoms with Crippen molar-refractivity contribution < 1.29 is 0 Å². The number of piperidine rings is 1. The van der Waals surface area contributed by atoms with Crippen LogP contribution in [-0.2, 0) is 0 Å². The summed E-state index contributed by atoms with van der Waals surface area (Å²) in [6, 6.07) is 0.810. The predicted molar refractivity (Wildman–Crippen MR) is 86.3 cm³/mol. The van der Waals surface area contributed by atoms with Crippen LogP contribution in [0.15, 0.2) is 0 Å². The summed E-state index contributed by atoms with van der Waals surface area (Å²) in [6.07, 6.45) is 6.96. The Kier molecular flexibility index (Phi) is 7.28. The van der Waals surface area contributed by atoms with E-state index in [0.29, 0.717) is 0 Å². The molecule has 0 bridgehead atoms. The third-order valence-corrected chi connectivity index (χ3v) is 4.77. The van der Waals surface area contributed by atoms with Crippen LogP contribution in [0, 0.1) is 0 Å². The number of likely N-dealkylation sites (N-methyl/N-ethyl adjacent to an activating group) is 1. The third kappa shape index (κ3) is 6.08. The van der Waals surface area contributed by atoms with E-state index in [0.717, 1.165) is 6.04 Å². The molecule has 20 heavy (non-hydrogen) atoms. The molecule has 2 heterocycles. The van der Waals surface area contributed by atoms with Gasteiger partial charge in [-0.15, -0.1) is 0 Å². The number of hydrogen-bond acceptors (Lipinski definition) is 4. The Morgan fingerprint density at radius 3 is 2.30 bits per heavy atom. The molecule has 0 amide bonds. The minimum atomic E-state index is 0.810. The van der Waals surface area contributed by atoms with Gasteiger partial charge in [-0.25, -0.2) is 0 Å². The summed E-state index contributed by atoms with van der Waals surface area (Å²) < 4.78 is 0. The molecule has 2 fully saturated rings. The van der Waals surface area contributed by atoms with E-state index < -0.39 is 0 Å². The molecular weight excluding hydrogens is 248 g/mol. The van der Waals surface area contributed by atoms with Gasteiger partial charge in [0.2, 0.25) is 0 Å². The molecule has 4 nitrogen and oxygen atoms in total. The summed E-state index contributed by atoms with van der Waals surface area (Å²) in [5.41, 5.74) is 0. The van der Waals surface area contributed by atoms with Crippen LogP contribution in [0.1, 0.15) is 32.1 Å². The van der Waals surface area contributed by atoms with Crippen molar-refractivity contribution in [3.63, 3.8) is 0 Å².